The zero-order valence-electron chi connectivity index (χ0n) is 11.8. The third-order valence-electron chi connectivity index (χ3n) is 3.02. The molecule has 0 aliphatic rings. The van der Waals surface area contributed by atoms with E-state index in [4.69, 9.17) is 12.2 Å². The largest absolute Gasteiger partial charge is 0.332 e. The number of nitro benzene ring substituents is 1. The standard InChI is InChI=1S/C15H14FN3O2S/c1-2-10-3-5-11(6-4-10)17-15(22)18-12-7-8-13(16)14(9-12)19(20)21/h3-9H,2H2,1H3,(H2,17,18,22). The maximum atomic E-state index is 13.3. The molecule has 0 aliphatic heterocycles. The number of hydrogen-bond donors (Lipinski definition) is 2. The Labute approximate surface area is 132 Å². The van der Waals surface area contributed by atoms with Crippen LogP contribution in [-0.2, 0) is 6.42 Å². The molecule has 0 radical (unpaired) electrons. The molecule has 0 unspecified atom stereocenters. The van der Waals surface area contributed by atoms with E-state index in [1.54, 1.807) is 0 Å². The molecule has 22 heavy (non-hydrogen) atoms. The monoisotopic (exact) mass is 319 g/mol. The van der Waals surface area contributed by atoms with Crippen molar-refractivity contribution in [2.75, 3.05) is 10.6 Å². The third-order valence-corrected chi connectivity index (χ3v) is 3.22. The second kappa shape index (κ2) is 6.95. The summed E-state index contributed by atoms with van der Waals surface area (Å²) < 4.78 is 13.3. The van der Waals surface area contributed by atoms with E-state index >= 15 is 0 Å². The number of nitrogens with one attached hydrogen (secondary N) is 2. The Balaban J connectivity index is 2.05. The molecule has 0 heterocycles. The van der Waals surface area contributed by atoms with Gasteiger partial charge in [0.15, 0.2) is 5.11 Å². The Hall–Kier alpha value is -2.54. The van der Waals surface area contributed by atoms with E-state index in [-0.39, 0.29) is 5.11 Å². The average molecular weight is 319 g/mol. The molecular formula is C15H14FN3O2S. The molecule has 0 spiro atoms. The first kappa shape index (κ1) is 15.8. The predicted molar refractivity (Wildman–Crippen MR) is 88.7 cm³/mol. The van der Waals surface area contributed by atoms with E-state index in [1.165, 1.54) is 11.6 Å². The van der Waals surface area contributed by atoms with Crippen molar-refractivity contribution in [1.29, 1.82) is 0 Å². The fraction of sp³-hybridized carbons (Fsp3) is 0.133. The Morgan fingerprint density at radius 3 is 2.36 bits per heavy atom. The van der Waals surface area contributed by atoms with Gasteiger partial charge in [0, 0.05) is 17.4 Å². The molecule has 2 aromatic rings. The maximum Gasteiger partial charge on any atom is 0.306 e. The Kier molecular flexibility index (Phi) is 5.00. The van der Waals surface area contributed by atoms with E-state index in [0.717, 1.165) is 24.2 Å². The van der Waals surface area contributed by atoms with Crippen LogP contribution in [0.25, 0.3) is 0 Å². The van der Waals surface area contributed by atoms with Gasteiger partial charge in [0.25, 0.3) is 0 Å². The lowest BCUT2D eigenvalue weighted by Gasteiger charge is -2.11. The Morgan fingerprint density at radius 2 is 1.77 bits per heavy atom. The topological polar surface area (TPSA) is 67.2 Å². The van der Waals surface area contributed by atoms with Gasteiger partial charge in [-0.15, -0.1) is 0 Å². The molecule has 2 N–H and O–H groups in total. The summed E-state index contributed by atoms with van der Waals surface area (Å²) in [6.07, 6.45) is 0.947. The van der Waals surface area contributed by atoms with E-state index in [2.05, 4.69) is 17.6 Å². The molecule has 2 rings (SSSR count). The van der Waals surface area contributed by atoms with Gasteiger partial charge in [0.05, 0.1) is 4.92 Å². The van der Waals surface area contributed by atoms with Gasteiger partial charge in [-0.25, -0.2) is 0 Å². The van der Waals surface area contributed by atoms with Crippen LogP contribution in [0.4, 0.5) is 21.5 Å². The number of thiocarbonyl (C=S) groups is 1. The van der Waals surface area contributed by atoms with Crippen molar-refractivity contribution in [1.82, 2.24) is 0 Å². The van der Waals surface area contributed by atoms with Crippen LogP contribution in [0.15, 0.2) is 42.5 Å². The van der Waals surface area contributed by atoms with E-state index < -0.39 is 16.4 Å². The van der Waals surface area contributed by atoms with Crippen LogP contribution in [0, 0.1) is 15.9 Å². The Bertz CT molecular complexity index is 704. The summed E-state index contributed by atoms with van der Waals surface area (Å²) in [5.74, 6) is -0.885. The quantitative estimate of drug-likeness (QED) is 0.504. The molecule has 0 bridgehead atoms. The molecule has 0 saturated carbocycles. The minimum absolute atomic E-state index is 0.269. The molecule has 0 aromatic heterocycles. The fourth-order valence-electron chi connectivity index (χ4n) is 1.85. The number of aryl methyl sites for hydroxylation is 1. The fourth-order valence-corrected chi connectivity index (χ4v) is 2.08. The molecule has 2 aromatic carbocycles. The van der Waals surface area contributed by atoms with E-state index in [1.807, 2.05) is 24.3 Å². The van der Waals surface area contributed by atoms with Gasteiger partial charge in [-0.3, -0.25) is 10.1 Å². The second-order valence-electron chi connectivity index (χ2n) is 4.55. The van der Waals surface area contributed by atoms with Crippen LogP contribution >= 0.6 is 12.2 Å². The highest BCUT2D eigenvalue weighted by Crippen LogP contribution is 2.21. The third kappa shape index (κ3) is 3.98. The number of hydrogen-bond acceptors (Lipinski definition) is 3. The van der Waals surface area contributed by atoms with Gasteiger partial charge in [0.2, 0.25) is 5.82 Å². The van der Waals surface area contributed by atoms with E-state index in [0.29, 0.717) is 5.69 Å². The van der Waals surface area contributed by atoms with Crippen molar-refractivity contribution in [2.45, 2.75) is 13.3 Å². The van der Waals surface area contributed by atoms with Crippen LogP contribution in [0.1, 0.15) is 12.5 Å². The molecule has 0 fully saturated rings. The van der Waals surface area contributed by atoms with Gasteiger partial charge in [-0.05, 0) is 48.5 Å². The van der Waals surface area contributed by atoms with Gasteiger partial charge in [0.1, 0.15) is 0 Å². The molecule has 0 aliphatic carbocycles. The van der Waals surface area contributed by atoms with Crippen molar-refractivity contribution in [3.05, 3.63) is 64.0 Å². The normalized spacial score (nSPS) is 10.1. The molecule has 0 atom stereocenters. The van der Waals surface area contributed by atoms with Gasteiger partial charge in [-0.2, -0.15) is 4.39 Å². The van der Waals surface area contributed by atoms with Crippen LogP contribution in [-0.4, -0.2) is 10.0 Å². The lowest BCUT2D eigenvalue weighted by molar-refractivity contribution is -0.387. The smallest absolute Gasteiger partial charge is 0.306 e. The first-order valence-corrected chi connectivity index (χ1v) is 7.01. The molecule has 7 heteroatoms. The van der Waals surface area contributed by atoms with E-state index in [9.17, 15) is 14.5 Å². The first-order valence-electron chi connectivity index (χ1n) is 6.60. The predicted octanol–water partition coefficient (Wildman–Crippen LogP) is 4.11. The highest BCUT2D eigenvalue weighted by Gasteiger charge is 2.14. The summed E-state index contributed by atoms with van der Waals surface area (Å²) in [6.45, 7) is 2.07. The highest BCUT2D eigenvalue weighted by molar-refractivity contribution is 7.80. The Morgan fingerprint density at radius 1 is 1.18 bits per heavy atom. The van der Waals surface area contributed by atoms with Crippen molar-refractivity contribution < 1.29 is 9.31 Å². The summed E-state index contributed by atoms with van der Waals surface area (Å²) in [6, 6.07) is 11.3. The SMILES string of the molecule is CCc1ccc(NC(=S)Nc2ccc(F)c([N+](=O)[O-])c2)cc1. The number of benzene rings is 2. The number of anilines is 2. The molecular weight excluding hydrogens is 305 g/mol. The molecule has 0 amide bonds. The summed E-state index contributed by atoms with van der Waals surface area (Å²) in [5.41, 5.74) is 1.75. The summed E-state index contributed by atoms with van der Waals surface area (Å²) in [7, 11) is 0. The zero-order chi connectivity index (χ0) is 16.1. The van der Waals surface area contributed by atoms with Gasteiger partial charge < -0.3 is 10.6 Å². The van der Waals surface area contributed by atoms with Crippen LogP contribution in [0.3, 0.4) is 0 Å². The lowest BCUT2D eigenvalue weighted by Crippen LogP contribution is -2.19. The highest BCUT2D eigenvalue weighted by atomic mass is 32.1. The number of nitrogens with zero attached hydrogens (tertiary/aromatic N) is 1. The first-order chi connectivity index (χ1) is 10.5. The molecule has 0 saturated heterocycles. The minimum atomic E-state index is -0.885. The van der Waals surface area contributed by atoms with Crippen molar-refractivity contribution in [3.8, 4) is 0 Å². The second-order valence-corrected chi connectivity index (χ2v) is 4.96. The van der Waals surface area contributed by atoms with Gasteiger partial charge in [-0.1, -0.05) is 19.1 Å². The van der Waals surface area contributed by atoms with Crippen molar-refractivity contribution >= 4 is 34.4 Å². The number of halogens is 1. The molecule has 114 valence electrons. The van der Waals surface area contributed by atoms with Crippen LogP contribution < -0.4 is 10.6 Å². The van der Waals surface area contributed by atoms with Crippen molar-refractivity contribution in [2.24, 2.45) is 0 Å². The summed E-state index contributed by atoms with van der Waals surface area (Å²) in [4.78, 5) is 9.92. The zero-order valence-corrected chi connectivity index (χ0v) is 12.6. The summed E-state index contributed by atoms with van der Waals surface area (Å²) in [5, 5.41) is 16.7. The maximum absolute atomic E-state index is 13.3. The minimum Gasteiger partial charge on any atom is -0.332 e. The van der Waals surface area contributed by atoms with Crippen LogP contribution in [0.5, 0.6) is 0 Å². The van der Waals surface area contributed by atoms with Gasteiger partial charge >= 0.3 is 5.69 Å². The molecule has 5 nitrogen and oxygen atoms in total. The summed E-state index contributed by atoms with van der Waals surface area (Å²) >= 11 is 5.14. The van der Waals surface area contributed by atoms with Crippen molar-refractivity contribution in [3.63, 3.8) is 0 Å². The number of nitro groups is 1. The van der Waals surface area contributed by atoms with Crippen LogP contribution in [0.2, 0.25) is 0 Å². The number of rotatable bonds is 4. The lowest BCUT2D eigenvalue weighted by atomic mass is 10.1. The average Bonchev–Trinajstić information content (AvgIpc) is 2.49.